The van der Waals surface area contributed by atoms with Crippen LogP contribution in [0.2, 0.25) is 0 Å². The lowest BCUT2D eigenvalue weighted by Crippen LogP contribution is -2.17. The van der Waals surface area contributed by atoms with Gasteiger partial charge in [-0.15, -0.1) is 24.8 Å². The number of hydrogen-bond acceptors (Lipinski definition) is 3. The first-order valence-electron chi connectivity index (χ1n) is 11.7. The maximum Gasteiger partial charge on any atom is 0.122 e. The zero-order valence-electron chi connectivity index (χ0n) is 19.7. The summed E-state index contributed by atoms with van der Waals surface area (Å²) < 4.78 is 2.24. The van der Waals surface area contributed by atoms with Gasteiger partial charge in [0.1, 0.15) is 11.7 Å². The van der Waals surface area contributed by atoms with Crippen molar-refractivity contribution >= 4 is 41.7 Å². The van der Waals surface area contributed by atoms with Crippen molar-refractivity contribution in [3.63, 3.8) is 0 Å². The third-order valence-corrected chi connectivity index (χ3v) is 6.69. The van der Waals surface area contributed by atoms with E-state index < -0.39 is 0 Å². The van der Waals surface area contributed by atoms with Gasteiger partial charge < -0.3 is 15.6 Å². The van der Waals surface area contributed by atoms with Gasteiger partial charge >= 0.3 is 0 Å². The van der Waals surface area contributed by atoms with Crippen LogP contribution in [0.15, 0.2) is 36.4 Å². The van der Waals surface area contributed by atoms with E-state index in [4.69, 9.17) is 16.1 Å². The fraction of sp³-hybridized carbons (Fsp3) is 0.462. The highest BCUT2D eigenvalue weighted by Crippen LogP contribution is 2.37. The van der Waals surface area contributed by atoms with Crippen LogP contribution in [0.5, 0.6) is 0 Å². The zero-order chi connectivity index (χ0) is 21.8. The molecule has 180 valence electrons. The van der Waals surface area contributed by atoms with Gasteiger partial charge in [-0.2, -0.15) is 0 Å². The first-order valence-corrected chi connectivity index (χ1v) is 11.7. The average Bonchev–Trinajstić information content (AvgIpc) is 3.10. The summed E-state index contributed by atoms with van der Waals surface area (Å²) >= 11 is 0. The molecule has 1 saturated carbocycles. The van der Waals surface area contributed by atoms with Crippen LogP contribution in [0.4, 0.5) is 0 Å². The number of nitrogens with zero attached hydrogens (tertiary/aromatic N) is 2. The molecule has 1 aliphatic rings. The van der Waals surface area contributed by atoms with Gasteiger partial charge in [-0.3, -0.25) is 5.41 Å². The van der Waals surface area contributed by atoms with Gasteiger partial charge in [0.15, 0.2) is 0 Å². The van der Waals surface area contributed by atoms with Gasteiger partial charge in [0, 0.05) is 25.6 Å². The second-order valence-electron chi connectivity index (χ2n) is 8.89. The van der Waals surface area contributed by atoms with Crippen molar-refractivity contribution in [3.05, 3.63) is 64.5 Å². The van der Waals surface area contributed by atoms with E-state index in [0.29, 0.717) is 5.92 Å². The van der Waals surface area contributed by atoms with Crippen molar-refractivity contribution in [2.75, 3.05) is 6.54 Å². The molecule has 1 aromatic heterocycles. The van der Waals surface area contributed by atoms with Crippen LogP contribution < -0.4 is 11.1 Å². The molecule has 1 heterocycles. The largest absolute Gasteiger partial charge is 0.384 e. The number of fused-ring (bicyclic) bond motifs is 1. The number of halogens is 2. The van der Waals surface area contributed by atoms with E-state index in [0.717, 1.165) is 42.8 Å². The third kappa shape index (κ3) is 6.08. The standard InChI is InChI=1S/C26H35N5.2ClH/c1-3-15-29-17-22-21(19-7-5-4-6-8-19)13-14-23-25(22)30-24(31(23)2)16-18-9-11-20(12-10-18)26(27)28;;/h9-14,19,29H,3-8,15-17H2,1-2H3,(H3,27,28);2*1H. The summed E-state index contributed by atoms with van der Waals surface area (Å²) in [6, 6.07) is 12.6. The molecule has 0 spiro atoms. The quantitative estimate of drug-likeness (QED) is 0.211. The van der Waals surface area contributed by atoms with Gasteiger partial charge in [-0.05, 0) is 54.5 Å². The minimum atomic E-state index is 0. The molecule has 0 atom stereocenters. The maximum absolute atomic E-state index is 7.59. The fourth-order valence-corrected chi connectivity index (χ4v) is 4.89. The second-order valence-corrected chi connectivity index (χ2v) is 8.89. The Morgan fingerprint density at radius 3 is 2.42 bits per heavy atom. The summed E-state index contributed by atoms with van der Waals surface area (Å²) in [5, 5.41) is 11.2. The van der Waals surface area contributed by atoms with Crippen LogP contribution in [-0.2, 0) is 20.0 Å². The molecule has 0 amide bonds. The Labute approximate surface area is 209 Å². The van der Waals surface area contributed by atoms with E-state index in [1.807, 2.05) is 24.3 Å². The Hall–Kier alpha value is -2.08. The van der Waals surface area contributed by atoms with Gasteiger partial charge in [0.05, 0.1) is 11.0 Å². The molecule has 5 nitrogen and oxygen atoms in total. The van der Waals surface area contributed by atoms with Gasteiger partial charge in [-0.1, -0.05) is 56.5 Å². The summed E-state index contributed by atoms with van der Waals surface area (Å²) in [6.07, 6.45) is 8.56. The van der Waals surface area contributed by atoms with Gasteiger partial charge in [0.2, 0.25) is 0 Å². The Bertz CT molecular complexity index is 1050. The minimum Gasteiger partial charge on any atom is -0.384 e. The summed E-state index contributed by atoms with van der Waals surface area (Å²) in [5.74, 6) is 1.85. The number of nitrogens with one attached hydrogen (secondary N) is 2. The lowest BCUT2D eigenvalue weighted by atomic mass is 9.81. The van der Waals surface area contributed by atoms with Crippen LogP contribution in [0.1, 0.15) is 79.4 Å². The van der Waals surface area contributed by atoms with Gasteiger partial charge in [-0.25, -0.2) is 4.98 Å². The normalized spacial score (nSPS) is 14.0. The lowest BCUT2D eigenvalue weighted by Gasteiger charge is -2.25. The summed E-state index contributed by atoms with van der Waals surface area (Å²) in [5.41, 5.74) is 12.8. The monoisotopic (exact) mass is 489 g/mol. The summed E-state index contributed by atoms with van der Waals surface area (Å²) in [7, 11) is 2.12. The van der Waals surface area contributed by atoms with Crippen molar-refractivity contribution < 1.29 is 0 Å². The number of rotatable bonds is 8. The molecule has 7 heteroatoms. The average molecular weight is 491 g/mol. The number of benzene rings is 2. The number of hydrogen-bond donors (Lipinski definition) is 3. The number of aromatic nitrogens is 2. The molecule has 0 radical (unpaired) electrons. The smallest absolute Gasteiger partial charge is 0.122 e. The molecule has 0 saturated heterocycles. The molecule has 0 aliphatic heterocycles. The topological polar surface area (TPSA) is 79.7 Å². The number of nitrogens with two attached hydrogens (primary N) is 1. The SMILES string of the molecule is CCCNCc1c(C2CCCCC2)ccc2c1nc(Cc1ccc(C(=N)N)cc1)n2C.Cl.Cl. The van der Waals surface area contributed by atoms with Crippen LogP contribution in [0.3, 0.4) is 0 Å². The van der Waals surface area contributed by atoms with Crippen molar-refractivity contribution in [1.29, 1.82) is 5.41 Å². The Balaban J connectivity index is 0.00000193. The Morgan fingerprint density at radius 1 is 1.09 bits per heavy atom. The molecule has 4 N–H and O–H groups in total. The summed E-state index contributed by atoms with van der Waals surface area (Å²) in [6.45, 7) is 4.13. The van der Waals surface area contributed by atoms with Crippen LogP contribution in [0, 0.1) is 5.41 Å². The predicted molar refractivity (Wildman–Crippen MR) is 143 cm³/mol. The lowest BCUT2D eigenvalue weighted by molar-refractivity contribution is 0.441. The molecule has 4 rings (SSSR count). The highest BCUT2D eigenvalue weighted by molar-refractivity contribution is 5.94. The van der Waals surface area contributed by atoms with E-state index in [9.17, 15) is 0 Å². The Morgan fingerprint density at radius 2 is 1.79 bits per heavy atom. The first-order chi connectivity index (χ1) is 15.1. The molecular formula is C26H37Cl2N5. The predicted octanol–water partition coefficient (Wildman–Crippen LogP) is 5.84. The molecular weight excluding hydrogens is 453 g/mol. The molecule has 1 fully saturated rings. The number of aryl methyl sites for hydroxylation is 1. The van der Waals surface area contributed by atoms with Crippen molar-refractivity contribution in [2.24, 2.45) is 12.8 Å². The van der Waals surface area contributed by atoms with E-state index in [1.165, 1.54) is 54.3 Å². The van der Waals surface area contributed by atoms with Crippen LogP contribution >= 0.6 is 24.8 Å². The van der Waals surface area contributed by atoms with Gasteiger partial charge in [0.25, 0.3) is 0 Å². The molecule has 2 aromatic carbocycles. The van der Waals surface area contributed by atoms with Crippen molar-refractivity contribution in [1.82, 2.24) is 14.9 Å². The van der Waals surface area contributed by atoms with Crippen molar-refractivity contribution in [3.8, 4) is 0 Å². The number of amidine groups is 1. The minimum absolute atomic E-state index is 0. The molecule has 3 aromatic rings. The molecule has 0 unspecified atom stereocenters. The maximum atomic E-state index is 7.59. The second kappa shape index (κ2) is 12.4. The molecule has 1 aliphatic carbocycles. The zero-order valence-corrected chi connectivity index (χ0v) is 21.3. The van der Waals surface area contributed by atoms with E-state index in [-0.39, 0.29) is 30.6 Å². The van der Waals surface area contributed by atoms with Crippen molar-refractivity contribution in [2.45, 2.75) is 64.3 Å². The highest BCUT2D eigenvalue weighted by Gasteiger charge is 2.22. The fourth-order valence-electron chi connectivity index (χ4n) is 4.89. The molecule has 33 heavy (non-hydrogen) atoms. The summed E-state index contributed by atoms with van der Waals surface area (Å²) in [4.78, 5) is 5.16. The van der Waals surface area contributed by atoms with Crippen LogP contribution in [-0.4, -0.2) is 21.9 Å². The van der Waals surface area contributed by atoms with E-state index in [1.54, 1.807) is 0 Å². The molecule has 0 bridgehead atoms. The highest BCUT2D eigenvalue weighted by atomic mass is 35.5. The number of imidazole rings is 1. The van der Waals surface area contributed by atoms with E-state index >= 15 is 0 Å². The Kier molecular flexibility index (Phi) is 10.2. The number of nitrogen functional groups attached to an aromatic ring is 1. The third-order valence-electron chi connectivity index (χ3n) is 6.69. The van der Waals surface area contributed by atoms with E-state index in [2.05, 4.69) is 36.0 Å². The first kappa shape index (κ1) is 27.2. The van der Waals surface area contributed by atoms with Crippen LogP contribution in [0.25, 0.3) is 11.0 Å².